The van der Waals surface area contributed by atoms with Gasteiger partial charge in [0.05, 0.1) is 18.8 Å². The molecule has 10 atom stereocenters. The fourth-order valence-corrected chi connectivity index (χ4v) is 7.98. The first kappa shape index (κ1) is 23.6. The molecule has 32 heavy (non-hydrogen) atoms. The van der Waals surface area contributed by atoms with E-state index >= 15 is 0 Å². The molecule has 2 saturated heterocycles. The molecule has 2 heterocycles. The summed E-state index contributed by atoms with van der Waals surface area (Å²) in [6.45, 7) is 1.52. The Hall–Kier alpha value is -0.170. The van der Waals surface area contributed by atoms with Crippen molar-refractivity contribution in [3.8, 4) is 0 Å². The van der Waals surface area contributed by atoms with Crippen molar-refractivity contribution in [3.05, 3.63) is 0 Å². The highest BCUT2D eigenvalue weighted by atomic mass is 32.2. The minimum Gasteiger partial charge on any atom is -0.361 e. The van der Waals surface area contributed by atoms with Crippen LogP contribution in [0.4, 0.5) is 0 Å². The molecule has 4 unspecified atom stereocenters. The lowest BCUT2D eigenvalue weighted by Gasteiger charge is -2.43. The van der Waals surface area contributed by atoms with E-state index in [0.29, 0.717) is 29.0 Å². The van der Waals surface area contributed by atoms with E-state index in [0.717, 1.165) is 51.8 Å². The molecule has 3 saturated carbocycles. The van der Waals surface area contributed by atoms with E-state index in [1.165, 1.54) is 12.8 Å². The highest BCUT2D eigenvalue weighted by molar-refractivity contribution is 7.84. The molecule has 9 N–H and O–H groups in total. The van der Waals surface area contributed by atoms with Gasteiger partial charge < -0.3 is 16.2 Å². The second-order valence-electron chi connectivity index (χ2n) is 10.8. The molecule has 0 spiro atoms. The van der Waals surface area contributed by atoms with Crippen LogP contribution in [0.15, 0.2) is 0 Å². The van der Waals surface area contributed by atoms with E-state index in [1.807, 2.05) is 6.26 Å². The number of rotatable bonds is 6. The average molecular weight is 470 g/mol. The Morgan fingerprint density at radius 3 is 2.59 bits per heavy atom. The Morgan fingerprint density at radius 1 is 1.00 bits per heavy atom. The Bertz CT molecular complexity index is 664. The van der Waals surface area contributed by atoms with Crippen LogP contribution in [0, 0.1) is 17.8 Å². The van der Waals surface area contributed by atoms with Gasteiger partial charge in [0.1, 0.15) is 12.5 Å². The SMILES string of the molecule is C[S@](=O)C1CCC(NC2NC3NCNC3C(OC[C@H]3C[C@H]4CC[C@H](N)[C@H]4[C@@H](N)C3)N2)CC1. The Kier molecular flexibility index (Phi) is 7.52. The minimum absolute atomic E-state index is 0.00634. The van der Waals surface area contributed by atoms with E-state index in [-0.39, 0.29) is 36.8 Å². The first-order chi connectivity index (χ1) is 15.5. The smallest absolute Gasteiger partial charge is 0.128 e. The third-order valence-corrected chi connectivity index (χ3v) is 10.1. The number of nitrogens with one attached hydrogen (secondary N) is 5. The molecule has 9 nitrogen and oxygen atoms in total. The number of nitrogens with two attached hydrogens (primary N) is 2. The molecular formula is C22H43N7O2S. The molecule has 0 radical (unpaired) electrons. The van der Waals surface area contributed by atoms with Gasteiger partial charge >= 0.3 is 0 Å². The summed E-state index contributed by atoms with van der Waals surface area (Å²) in [6, 6.07) is 1.13. The van der Waals surface area contributed by atoms with Gasteiger partial charge in [0.2, 0.25) is 0 Å². The Labute approximate surface area is 194 Å². The zero-order valence-electron chi connectivity index (χ0n) is 19.3. The topological polar surface area (TPSA) is 138 Å². The van der Waals surface area contributed by atoms with Crippen molar-refractivity contribution >= 4 is 10.8 Å². The lowest BCUT2D eigenvalue weighted by Crippen LogP contribution is -2.73. The van der Waals surface area contributed by atoms with Gasteiger partial charge in [0, 0.05) is 47.1 Å². The monoisotopic (exact) mass is 469 g/mol. The Morgan fingerprint density at radius 2 is 1.81 bits per heavy atom. The third kappa shape index (κ3) is 5.08. The molecular weight excluding hydrogens is 426 g/mol. The maximum Gasteiger partial charge on any atom is 0.128 e. The van der Waals surface area contributed by atoms with Crippen LogP contribution in [0.1, 0.15) is 51.4 Å². The van der Waals surface area contributed by atoms with Crippen molar-refractivity contribution < 1.29 is 8.95 Å². The number of hydrogen-bond acceptors (Lipinski definition) is 9. The van der Waals surface area contributed by atoms with Crippen LogP contribution in [0.5, 0.6) is 0 Å². The largest absolute Gasteiger partial charge is 0.361 e. The molecule has 5 fully saturated rings. The van der Waals surface area contributed by atoms with E-state index in [2.05, 4.69) is 26.6 Å². The number of fused-ring (bicyclic) bond motifs is 2. The highest BCUT2D eigenvalue weighted by Crippen LogP contribution is 2.43. The molecule has 5 rings (SSSR count). The van der Waals surface area contributed by atoms with Gasteiger partial charge in [-0.3, -0.25) is 30.8 Å². The van der Waals surface area contributed by atoms with Crippen molar-refractivity contribution in [2.75, 3.05) is 19.5 Å². The summed E-state index contributed by atoms with van der Waals surface area (Å²) < 4.78 is 18.3. The van der Waals surface area contributed by atoms with Crippen molar-refractivity contribution in [1.82, 2.24) is 26.6 Å². The second kappa shape index (κ2) is 10.2. The quantitative estimate of drug-likeness (QED) is 0.262. The van der Waals surface area contributed by atoms with Crippen LogP contribution >= 0.6 is 0 Å². The molecule has 0 aromatic heterocycles. The molecule has 10 heteroatoms. The number of ether oxygens (including phenoxy) is 1. The fourth-order valence-electron chi connectivity index (χ4n) is 7.04. The first-order valence-electron chi connectivity index (χ1n) is 12.7. The predicted molar refractivity (Wildman–Crippen MR) is 127 cm³/mol. The van der Waals surface area contributed by atoms with Crippen LogP contribution < -0.4 is 38.1 Å². The fraction of sp³-hybridized carbons (Fsp3) is 1.00. The van der Waals surface area contributed by atoms with E-state index in [9.17, 15) is 4.21 Å². The van der Waals surface area contributed by atoms with Gasteiger partial charge in [-0.2, -0.15) is 0 Å². The van der Waals surface area contributed by atoms with Crippen LogP contribution in [-0.2, 0) is 15.5 Å². The average Bonchev–Trinajstić information content (AvgIpc) is 3.39. The van der Waals surface area contributed by atoms with Gasteiger partial charge in [0.25, 0.3) is 0 Å². The molecule has 0 aromatic rings. The van der Waals surface area contributed by atoms with Crippen LogP contribution in [-0.4, -0.2) is 71.8 Å². The maximum atomic E-state index is 11.8. The molecule has 3 aliphatic carbocycles. The minimum atomic E-state index is -0.708. The van der Waals surface area contributed by atoms with Gasteiger partial charge in [0.15, 0.2) is 0 Å². The molecule has 184 valence electrons. The molecule has 2 aliphatic heterocycles. The highest BCUT2D eigenvalue weighted by Gasteiger charge is 2.45. The predicted octanol–water partition coefficient (Wildman–Crippen LogP) is -0.979. The number of hydrogen-bond donors (Lipinski definition) is 7. The Balaban J connectivity index is 1.13. The summed E-state index contributed by atoms with van der Waals surface area (Å²) in [5, 5.41) is 18.4. The van der Waals surface area contributed by atoms with E-state index in [1.54, 1.807) is 0 Å². The van der Waals surface area contributed by atoms with Crippen molar-refractivity contribution in [2.24, 2.45) is 29.2 Å². The zero-order valence-corrected chi connectivity index (χ0v) is 20.1. The molecule has 0 aromatic carbocycles. The zero-order chi connectivity index (χ0) is 22.2. The summed E-state index contributed by atoms with van der Waals surface area (Å²) in [4.78, 5) is 0. The lowest BCUT2D eigenvalue weighted by molar-refractivity contribution is -0.0596. The molecule has 5 aliphatic rings. The normalized spacial score (nSPS) is 50.0. The standard InChI is InChI=1S/C22H43N7O2S/c1-32(30)15-5-3-14(4-6-15)27-22-28-20-19(25-11-26-20)21(29-22)31-10-12-8-13-2-7-16(23)18(13)17(24)9-12/h12-22,25-29H,2-11,23-24H2,1H3/t12-,13+,14?,15?,16-,17-,18-,19?,20?,21?,22?,32-/m0/s1. The lowest BCUT2D eigenvalue weighted by atomic mass is 9.72. The summed E-state index contributed by atoms with van der Waals surface area (Å²) in [5.74, 6) is 1.68. The van der Waals surface area contributed by atoms with Crippen LogP contribution in [0.2, 0.25) is 0 Å². The van der Waals surface area contributed by atoms with Crippen molar-refractivity contribution in [2.45, 2.75) is 99.5 Å². The summed E-state index contributed by atoms with van der Waals surface area (Å²) in [6.07, 6.45) is 10.7. The molecule has 0 bridgehead atoms. The van der Waals surface area contributed by atoms with Gasteiger partial charge in [-0.1, -0.05) is 0 Å². The summed E-state index contributed by atoms with van der Waals surface area (Å²) in [5.41, 5.74) is 12.9. The van der Waals surface area contributed by atoms with Gasteiger partial charge in [-0.25, -0.2) is 0 Å². The van der Waals surface area contributed by atoms with Crippen molar-refractivity contribution in [3.63, 3.8) is 0 Å². The summed E-state index contributed by atoms with van der Waals surface area (Å²) in [7, 11) is -0.708. The van der Waals surface area contributed by atoms with Crippen LogP contribution in [0.3, 0.4) is 0 Å². The second-order valence-corrected chi connectivity index (χ2v) is 12.5. The van der Waals surface area contributed by atoms with E-state index < -0.39 is 10.8 Å². The van der Waals surface area contributed by atoms with Gasteiger partial charge in [-0.15, -0.1) is 0 Å². The van der Waals surface area contributed by atoms with Gasteiger partial charge in [-0.05, 0) is 69.1 Å². The van der Waals surface area contributed by atoms with Crippen LogP contribution in [0.25, 0.3) is 0 Å². The first-order valence-corrected chi connectivity index (χ1v) is 14.3. The van der Waals surface area contributed by atoms with Crippen molar-refractivity contribution in [1.29, 1.82) is 0 Å². The maximum absolute atomic E-state index is 11.8. The molecule has 0 amide bonds. The third-order valence-electron chi connectivity index (χ3n) is 8.73. The summed E-state index contributed by atoms with van der Waals surface area (Å²) >= 11 is 0. The van der Waals surface area contributed by atoms with E-state index in [4.69, 9.17) is 16.2 Å².